The lowest BCUT2D eigenvalue weighted by Crippen LogP contribution is -2.15. The number of Topliss-reactive ketones (excluding diaryl/α,β-unsaturated/α-hetero) is 1. The molecule has 0 bridgehead atoms. The second-order valence-electron chi connectivity index (χ2n) is 6.36. The minimum absolute atomic E-state index is 0.0263. The Morgan fingerprint density at radius 1 is 1.10 bits per heavy atom. The van der Waals surface area contributed by atoms with Gasteiger partial charge in [-0.25, -0.2) is 4.39 Å². The molecule has 156 valence electrons. The highest BCUT2D eigenvalue weighted by Crippen LogP contribution is 2.19. The van der Waals surface area contributed by atoms with E-state index in [1.807, 2.05) is 11.5 Å². The SMILES string of the molecule is CCn1c(COc2ccc(F)cc2)nnc1SCC(=O)Nc1ccc(C(C)=O)cc1. The summed E-state index contributed by atoms with van der Waals surface area (Å²) in [5.41, 5.74) is 1.21. The van der Waals surface area contributed by atoms with Crippen LogP contribution in [0, 0.1) is 5.82 Å². The van der Waals surface area contributed by atoms with Crippen molar-refractivity contribution in [2.75, 3.05) is 11.1 Å². The second kappa shape index (κ2) is 10.0. The van der Waals surface area contributed by atoms with Gasteiger partial charge in [-0.15, -0.1) is 10.2 Å². The first-order chi connectivity index (χ1) is 14.5. The van der Waals surface area contributed by atoms with Crippen molar-refractivity contribution < 1.29 is 18.7 Å². The number of thioether (sulfide) groups is 1. The van der Waals surface area contributed by atoms with Gasteiger partial charge in [0.25, 0.3) is 0 Å². The minimum atomic E-state index is -0.328. The third-order valence-electron chi connectivity index (χ3n) is 4.20. The number of hydrogen-bond donors (Lipinski definition) is 1. The molecule has 0 aliphatic carbocycles. The highest BCUT2D eigenvalue weighted by atomic mass is 32.2. The molecule has 0 radical (unpaired) electrons. The van der Waals surface area contributed by atoms with Crippen molar-refractivity contribution in [2.45, 2.75) is 32.2 Å². The number of amides is 1. The first-order valence-electron chi connectivity index (χ1n) is 9.30. The molecule has 0 spiro atoms. The molecule has 1 N–H and O–H groups in total. The smallest absolute Gasteiger partial charge is 0.234 e. The van der Waals surface area contributed by atoms with E-state index < -0.39 is 0 Å². The molecular weight excluding hydrogens is 407 g/mol. The van der Waals surface area contributed by atoms with E-state index in [0.29, 0.717) is 34.5 Å². The van der Waals surface area contributed by atoms with Crippen LogP contribution < -0.4 is 10.1 Å². The molecule has 1 heterocycles. The number of ether oxygens (including phenoxy) is 1. The topological polar surface area (TPSA) is 86.1 Å². The first kappa shape index (κ1) is 21.5. The summed E-state index contributed by atoms with van der Waals surface area (Å²) in [5, 5.41) is 11.7. The number of benzene rings is 2. The van der Waals surface area contributed by atoms with Gasteiger partial charge in [0, 0.05) is 17.8 Å². The number of nitrogens with one attached hydrogen (secondary N) is 1. The summed E-state index contributed by atoms with van der Waals surface area (Å²) in [5.74, 6) is 0.763. The van der Waals surface area contributed by atoms with Gasteiger partial charge < -0.3 is 14.6 Å². The Labute approximate surface area is 177 Å². The quantitative estimate of drug-likeness (QED) is 0.410. The van der Waals surface area contributed by atoms with E-state index >= 15 is 0 Å². The number of carbonyl (C=O) groups excluding carboxylic acids is 2. The number of hydrogen-bond acceptors (Lipinski definition) is 6. The van der Waals surface area contributed by atoms with Gasteiger partial charge in [0.2, 0.25) is 5.91 Å². The molecule has 0 atom stereocenters. The summed E-state index contributed by atoms with van der Waals surface area (Å²) in [6, 6.07) is 12.5. The van der Waals surface area contributed by atoms with Crippen molar-refractivity contribution >= 4 is 29.1 Å². The number of halogens is 1. The molecule has 0 aliphatic heterocycles. The van der Waals surface area contributed by atoms with Crippen molar-refractivity contribution in [1.82, 2.24) is 14.8 Å². The predicted octanol–water partition coefficient (Wildman–Crippen LogP) is 3.95. The van der Waals surface area contributed by atoms with E-state index in [9.17, 15) is 14.0 Å². The Morgan fingerprint density at radius 3 is 2.43 bits per heavy atom. The molecule has 3 aromatic rings. The summed E-state index contributed by atoms with van der Waals surface area (Å²) in [6.07, 6.45) is 0. The van der Waals surface area contributed by atoms with E-state index in [1.165, 1.54) is 30.8 Å². The Morgan fingerprint density at radius 2 is 1.80 bits per heavy atom. The van der Waals surface area contributed by atoms with Crippen molar-refractivity contribution in [3.8, 4) is 5.75 Å². The molecule has 9 heteroatoms. The van der Waals surface area contributed by atoms with E-state index in [-0.39, 0.29) is 29.9 Å². The van der Waals surface area contributed by atoms with Gasteiger partial charge in [0.1, 0.15) is 18.2 Å². The van der Waals surface area contributed by atoms with Crippen LogP contribution in [0.4, 0.5) is 10.1 Å². The highest BCUT2D eigenvalue weighted by Gasteiger charge is 2.14. The fraction of sp³-hybridized carbons (Fsp3) is 0.238. The first-order valence-corrected chi connectivity index (χ1v) is 10.3. The van der Waals surface area contributed by atoms with Crippen LogP contribution in [0.2, 0.25) is 0 Å². The largest absolute Gasteiger partial charge is 0.486 e. The zero-order chi connectivity index (χ0) is 21.5. The lowest BCUT2D eigenvalue weighted by Gasteiger charge is -2.09. The van der Waals surface area contributed by atoms with Gasteiger partial charge >= 0.3 is 0 Å². The number of aromatic nitrogens is 3. The van der Waals surface area contributed by atoms with E-state index in [2.05, 4.69) is 15.5 Å². The zero-order valence-corrected chi connectivity index (χ0v) is 17.4. The fourth-order valence-corrected chi connectivity index (χ4v) is 3.47. The maximum Gasteiger partial charge on any atom is 0.234 e. The van der Waals surface area contributed by atoms with Crippen molar-refractivity contribution in [2.24, 2.45) is 0 Å². The molecule has 30 heavy (non-hydrogen) atoms. The third kappa shape index (κ3) is 5.66. The number of carbonyl (C=O) groups is 2. The highest BCUT2D eigenvalue weighted by molar-refractivity contribution is 7.99. The summed E-state index contributed by atoms with van der Waals surface area (Å²) in [6.45, 7) is 4.24. The summed E-state index contributed by atoms with van der Waals surface area (Å²) < 4.78 is 20.5. The molecule has 0 unspecified atom stereocenters. The van der Waals surface area contributed by atoms with Crippen LogP contribution in [-0.4, -0.2) is 32.2 Å². The average Bonchev–Trinajstić information content (AvgIpc) is 3.14. The van der Waals surface area contributed by atoms with Gasteiger partial charge in [-0.3, -0.25) is 9.59 Å². The van der Waals surface area contributed by atoms with Crippen molar-refractivity contribution in [1.29, 1.82) is 0 Å². The number of rotatable bonds is 9. The molecular formula is C21H21FN4O3S. The van der Waals surface area contributed by atoms with Crippen molar-refractivity contribution in [3.05, 3.63) is 65.7 Å². The molecule has 1 aromatic heterocycles. The normalized spacial score (nSPS) is 10.6. The minimum Gasteiger partial charge on any atom is -0.486 e. The fourth-order valence-electron chi connectivity index (χ4n) is 2.64. The molecule has 0 saturated heterocycles. The number of nitrogens with zero attached hydrogens (tertiary/aromatic N) is 3. The molecule has 0 aliphatic rings. The second-order valence-corrected chi connectivity index (χ2v) is 7.30. The van der Waals surface area contributed by atoms with Crippen LogP contribution in [0.1, 0.15) is 30.0 Å². The van der Waals surface area contributed by atoms with Crippen LogP contribution in [0.15, 0.2) is 53.7 Å². The zero-order valence-electron chi connectivity index (χ0n) is 16.6. The lowest BCUT2D eigenvalue weighted by atomic mass is 10.1. The summed E-state index contributed by atoms with van der Waals surface area (Å²) in [7, 11) is 0. The van der Waals surface area contributed by atoms with Crippen LogP contribution in [0.5, 0.6) is 5.75 Å². The number of ketones is 1. The van der Waals surface area contributed by atoms with Gasteiger partial charge in [-0.1, -0.05) is 11.8 Å². The van der Waals surface area contributed by atoms with Crippen LogP contribution in [-0.2, 0) is 17.9 Å². The van der Waals surface area contributed by atoms with Gasteiger partial charge in [0.05, 0.1) is 5.75 Å². The van der Waals surface area contributed by atoms with E-state index in [0.717, 1.165) is 0 Å². The lowest BCUT2D eigenvalue weighted by molar-refractivity contribution is -0.113. The summed E-state index contributed by atoms with van der Waals surface area (Å²) >= 11 is 1.27. The Kier molecular flexibility index (Phi) is 7.18. The Hall–Kier alpha value is -3.20. The Bertz CT molecular complexity index is 1020. The maximum atomic E-state index is 13.0. The molecule has 1 amide bonds. The Balaban J connectivity index is 1.55. The van der Waals surface area contributed by atoms with Gasteiger partial charge in [0.15, 0.2) is 16.8 Å². The number of anilines is 1. The molecule has 2 aromatic carbocycles. The summed E-state index contributed by atoms with van der Waals surface area (Å²) in [4.78, 5) is 23.5. The van der Waals surface area contributed by atoms with Crippen LogP contribution >= 0.6 is 11.8 Å². The molecule has 7 nitrogen and oxygen atoms in total. The molecule has 0 fully saturated rings. The molecule has 3 rings (SSSR count). The van der Waals surface area contributed by atoms with E-state index in [4.69, 9.17) is 4.74 Å². The van der Waals surface area contributed by atoms with Crippen LogP contribution in [0.3, 0.4) is 0 Å². The predicted molar refractivity (Wildman–Crippen MR) is 112 cm³/mol. The third-order valence-corrected chi connectivity index (χ3v) is 5.17. The van der Waals surface area contributed by atoms with Gasteiger partial charge in [-0.2, -0.15) is 0 Å². The standard InChI is InChI=1S/C21H21FN4O3S/c1-3-26-19(12-29-18-10-6-16(22)7-11-18)24-25-21(26)30-13-20(28)23-17-8-4-15(5-9-17)14(2)27/h4-11H,3,12-13H2,1-2H3,(H,23,28). The molecule has 0 saturated carbocycles. The van der Waals surface area contributed by atoms with Gasteiger partial charge in [-0.05, 0) is 62.4 Å². The van der Waals surface area contributed by atoms with Crippen LogP contribution in [0.25, 0.3) is 0 Å². The average molecular weight is 428 g/mol. The monoisotopic (exact) mass is 428 g/mol. The van der Waals surface area contributed by atoms with Crippen molar-refractivity contribution in [3.63, 3.8) is 0 Å². The van der Waals surface area contributed by atoms with E-state index in [1.54, 1.807) is 36.4 Å². The maximum absolute atomic E-state index is 13.0.